The van der Waals surface area contributed by atoms with Crippen LogP contribution in [0, 0.1) is 12.2 Å². The van der Waals surface area contributed by atoms with Crippen LogP contribution in [-0.2, 0) is 6.42 Å². The fourth-order valence-electron chi connectivity index (χ4n) is 3.47. The van der Waals surface area contributed by atoms with Crippen LogP contribution in [0.3, 0.4) is 0 Å². The third-order valence-electron chi connectivity index (χ3n) is 4.81. The van der Waals surface area contributed by atoms with E-state index in [1.165, 1.54) is 23.3 Å². The van der Waals surface area contributed by atoms with Crippen molar-refractivity contribution in [1.29, 1.82) is 0 Å². The van der Waals surface area contributed by atoms with Crippen LogP contribution in [-0.4, -0.2) is 38.8 Å². The lowest BCUT2D eigenvalue weighted by Gasteiger charge is -2.33. The summed E-state index contributed by atoms with van der Waals surface area (Å²) in [6.45, 7) is 3.00. The maximum atomic E-state index is 13.0. The quantitative estimate of drug-likeness (QED) is 0.790. The number of benzene rings is 2. The lowest BCUT2D eigenvalue weighted by atomic mass is 9.89. The zero-order valence-corrected chi connectivity index (χ0v) is 14.9. The second kappa shape index (κ2) is 8.34. The maximum absolute atomic E-state index is 13.0. The van der Waals surface area contributed by atoms with Crippen LogP contribution in [0.2, 0.25) is 0 Å². The monoisotopic (exact) mass is 342 g/mol. The molecule has 0 saturated carbocycles. The van der Waals surface area contributed by atoms with E-state index < -0.39 is 0 Å². The van der Waals surface area contributed by atoms with Crippen LogP contribution in [0.5, 0.6) is 11.5 Å². The summed E-state index contributed by atoms with van der Waals surface area (Å²) in [7, 11) is 3.36. The van der Waals surface area contributed by atoms with Gasteiger partial charge in [-0.15, -0.1) is 0 Å². The van der Waals surface area contributed by atoms with Gasteiger partial charge in [0.05, 0.1) is 14.2 Å². The molecular formula is C21H25FNO2. The first-order chi connectivity index (χ1) is 12.2. The number of piperidine rings is 1. The molecule has 0 spiro atoms. The smallest absolute Gasteiger partial charge is 0.164 e. The third-order valence-corrected chi connectivity index (χ3v) is 4.81. The van der Waals surface area contributed by atoms with Crippen molar-refractivity contribution in [3.63, 3.8) is 0 Å². The fourth-order valence-corrected chi connectivity index (χ4v) is 3.47. The highest BCUT2D eigenvalue weighted by Crippen LogP contribution is 2.38. The number of hydrogen-bond acceptors (Lipinski definition) is 3. The van der Waals surface area contributed by atoms with E-state index >= 15 is 0 Å². The molecular weight excluding hydrogens is 317 g/mol. The van der Waals surface area contributed by atoms with Gasteiger partial charge < -0.3 is 14.4 Å². The van der Waals surface area contributed by atoms with Crippen molar-refractivity contribution in [3.05, 3.63) is 65.8 Å². The molecule has 1 radical (unpaired) electrons. The molecule has 25 heavy (non-hydrogen) atoms. The number of halogens is 1. The van der Waals surface area contributed by atoms with Crippen LogP contribution in [0.15, 0.2) is 42.5 Å². The predicted octanol–water partition coefficient (Wildman–Crippen LogP) is 4.08. The first-order valence-electron chi connectivity index (χ1n) is 8.72. The van der Waals surface area contributed by atoms with Crippen molar-refractivity contribution < 1.29 is 13.9 Å². The Morgan fingerprint density at radius 3 is 2.60 bits per heavy atom. The van der Waals surface area contributed by atoms with Crippen LogP contribution in [0.1, 0.15) is 23.5 Å². The van der Waals surface area contributed by atoms with Gasteiger partial charge in [-0.1, -0.05) is 24.3 Å². The number of rotatable bonds is 6. The van der Waals surface area contributed by atoms with E-state index in [-0.39, 0.29) is 5.82 Å². The summed E-state index contributed by atoms with van der Waals surface area (Å²) in [5.41, 5.74) is 2.35. The molecule has 1 aliphatic heterocycles. The topological polar surface area (TPSA) is 21.7 Å². The zero-order chi connectivity index (χ0) is 17.6. The van der Waals surface area contributed by atoms with Crippen LogP contribution in [0.4, 0.5) is 4.39 Å². The normalized spacial score (nSPS) is 18.1. The minimum atomic E-state index is -0.179. The second-order valence-corrected chi connectivity index (χ2v) is 6.39. The average molecular weight is 342 g/mol. The molecule has 3 rings (SSSR count). The van der Waals surface area contributed by atoms with Crippen LogP contribution >= 0.6 is 0 Å². The lowest BCUT2D eigenvalue weighted by Crippen LogP contribution is -2.36. The predicted molar refractivity (Wildman–Crippen MR) is 97.7 cm³/mol. The molecule has 0 aromatic heterocycles. The molecule has 1 atom stereocenters. The number of para-hydroxylation sites is 1. The van der Waals surface area contributed by atoms with Gasteiger partial charge in [-0.3, -0.25) is 0 Å². The van der Waals surface area contributed by atoms with Gasteiger partial charge in [0, 0.05) is 24.6 Å². The number of hydrogen-bond donors (Lipinski definition) is 0. The molecule has 1 unspecified atom stereocenters. The Kier molecular flexibility index (Phi) is 5.92. The summed E-state index contributed by atoms with van der Waals surface area (Å²) >= 11 is 0. The van der Waals surface area contributed by atoms with E-state index in [9.17, 15) is 4.39 Å². The summed E-state index contributed by atoms with van der Waals surface area (Å²) in [5.74, 6) is 1.75. The molecule has 0 amide bonds. The fraction of sp³-hybridized carbons (Fsp3) is 0.381. The van der Waals surface area contributed by atoms with Crippen molar-refractivity contribution in [2.24, 2.45) is 0 Å². The molecule has 0 bridgehead atoms. The average Bonchev–Trinajstić information content (AvgIpc) is 2.67. The summed E-state index contributed by atoms with van der Waals surface area (Å²) in [6, 6.07) is 12.9. The molecule has 1 aliphatic rings. The van der Waals surface area contributed by atoms with E-state index in [1.54, 1.807) is 14.2 Å². The molecule has 1 heterocycles. The number of likely N-dealkylation sites (tertiary alicyclic amines) is 1. The zero-order valence-electron chi connectivity index (χ0n) is 14.9. The minimum Gasteiger partial charge on any atom is -0.493 e. The highest BCUT2D eigenvalue weighted by atomic mass is 19.1. The molecule has 4 heteroatoms. The van der Waals surface area contributed by atoms with Gasteiger partial charge in [0.1, 0.15) is 5.82 Å². The Morgan fingerprint density at radius 1 is 1.08 bits per heavy atom. The van der Waals surface area contributed by atoms with Gasteiger partial charge in [-0.25, -0.2) is 4.39 Å². The Hall–Kier alpha value is -2.07. The standard InChI is InChI=1S/C21H25FNO2/c1-24-20-7-3-6-19(21(20)25-2)17-5-4-13-23(15-17)14-12-16-8-10-18(22)11-9-16/h3,5-11,17H,4,12-15H2,1-2H3. The Labute approximate surface area is 149 Å². The number of nitrogens with zero attached hydrogens (tertiary/aromatic N) is 1. The van der Waals surface area contributed by atoms with Gasteiger partial charge in [-0.2, -0.15) is 0 Å². The molecule has 2 aromatic carbocycles. The molecule has 133 valence electrons. The number of ether oxygens (including phenoxy) is 2. The maximum Gasteiger partial charge on any atom is 0.164 e. The first kappa shape index (κ1) is 17.7. The Bertz CT molecular complexity index is 687. The van der Waals surface area contributed by atoms with Gasteiger partial charge >= 0.3 is 0 Å². The van der Waals surface area contributed by atoms with Crippen molar-refractivity contribution in [1.82, 2.24) is 4.90 Å². The third kappa shape index (κ3) is 4.31. The van der Waals surface area contributed by atoms with E-state index in [4.69, 9.17) is 9.47 Å². The summed E-state index contributed by atoms with van der Waals surface area (Å²) < 4.78 is 24.0. The van der Waals surface area contributed by atoms with Crippen molar-refractivity contribution in [2.45, 2.75) is 18.8 Å². The van der Waals surface area contributed by atoms with Crippen molar-refractivity contribution in [3.8, 4) is 11.5 Å². The summed E-state index contributed by atoms with van der Waals surface area (Å²) in [5, 5.41) is 0. The van der Waals surface area contributed by atoms with E-state index in [0.717, 1.165) is 44.0 Å². The van der Waals surface area contributed by atoms with Crippen molar-refractivity contribution in [2.75, 3.05) is 33.9 Å². The summed E-state index contributed by atoms with van der Waals surface area (Å²) in [6.07, 6.45) is 4.35. The Morgan fingerprint density at radius 2 is 1.88 bits per heavy atom. The number of methoxy groups -OCH3 is 2. The molecule has 0 N–H and O–H groups in total. The molecule has 2 aromatic rings. The van der Waals surface area contributed by atoms with E-state index in [1.807, 2.05) is 24.3 Å². The second-order valence-electron chi connectivity index (χ2n) is 6.39. The van der Waals surface area contributed by atoms with Crippen molar-refractivity contribution >= 4 is 0 Å². The lowest BCUT2D eigenvalue weighted by molar-refractivity contribution is 0.237. The SMILES string of the molecule is COc1cccc(C2[CH]CCN(CCc3ccc(F)cc3)C2)c1OC. The van der Waals surface area contributed by atoms with E-state index in [0.29, 0.717) is 5.92 Å². The Balaban J connectivity index is 1.66. The van der Waals surface area contributed by atoms with Gasteiger partial charge in [-0.05, 0) is 49.6 Å². The molecule has 0 aliphatic carbocycles. The van der Waals surface area contributed by atoms with Crippen LogP contribution < -0.4 is 9.47 Å². The highest BCUT2D eigenvalue weighted by molar-refractivity contribution is 5.49. The van der Waals surface area contributed by atoms with E-state index in [2.05, 4.69) is 17.4 Å². The molecule has 3 nitrogen and oxygen atoms in total. The minimum absolute atomic E-state index is 0.179. The van der Waals surface area contributed by atoms with Crippen LogP contribution in [0.25, 0.3) is 0 Å². The molecule has 1 saturated heterocycles. The van der Waals surface area contributed by atoms with Gasteiger partial charge in [0.25, 0.3) is 0 Å². The largest absolute Gasteiger partial charge is 0.493 e. The summed E-state index contributed by atoms with van der Waals surface area (Å²) in [4.78, 5) is 2.47. The first-order valence-corrected chi connectivity index (χ1v) is 8.72. The molecule has 1 fully saturated rings. The van der Waals surface area contributed by atoms with Gasteiger partial charge in [0.2, 0.25) is 0 Å². The van der Waals surface area contributed by atoms with Gasteiger partial charge in [0.15, 0.2) is 11.5 Å². The highest BCUT2D eigenvalue weighted by Gasteiger charge is 2.25.